The summed E-state index contributed by atoms with van der Waals surface area (Å²) in [5.41, 5.74) is -0.0333. The largest absolute Gasteiger partial charge is 0.293 e. The summed E-state index contributed by atoms with van der Waals surface area (Å²) in [5.74, 6) is -4.01. The molecule has 0 aliphatic heterocycles. The predicted octanol–water partition coefficient (Wildman–Crippen LogP) is 4.43. The summed E-state index contributed by atoms with van der Waals surface area (Å²) in [7, 11) is 0. The molecule has 0 spiro atoms. The summed E-state index contributed by atoms with van der Waals surface area (Å²) in [4.78, 5) is 12.3. The van der Waals surface area contributed by atoms with Gasteiger partial charge in [-0.15, -0.1) is 11.3 Å². The van der Waals surface area contributed by atoms with Gasteiger partial charge in [0.2, 0.25) is 0 Å². The average molecular weight is 270 g/mol. The number of rotatable bonds is 3. The van der Waals surface area contributed by atoms with Gasteiger partial charge in [-0.25, -0.2) is 13.2 Å². The normalized spacial score (nSPS) is 10.7. The van der Waals surface area contributed by atoms with Crippen molar-refractivity contribution in [1.29, 1.82) is 0 Å². The van der Waals surface area contributed by atoms with Gasteiger partial charge in [-0.2, -0.15) is 0 Å². The highest BCUT2D eigenvalue weighted by atomic mass is 32.1. The zero-order valence-electron chi connectivity index (χ0n) is 9.47. The van der Waals surface area contributed by atoms with Gasteiger partial charge < -0.3 is 0 Å². The van der Waals surface area contributed by atoms with Crippen LogP contribution in [0.3, 0.4) is 0 Å². The quantitative estimate of drug-likeness (QED) is 0.596. The van der Waals surface area contributed by atoms with Crippen LogP contribution in [-0.4, -0.2) is 5.78 Å². The van der Waals surface area contributed by atoms with E-state index in [1.807, 2.05) is 0 Å². The lowest BCUT2D eigenvalue weighted by Crippen LogP contribution is -1.92. The minimum absolute atomic E-state index is 0.0333. The van der Waals surface area contributed by atoms with Crippen LogP contribution in [0.4, 0.5) is 13.2 Å². The first-order chi connectivity index (χ1) is 8.54. The molecule has 0 N–H and O–H groups in total. The first-order valence-corrected chi connectivity index (χ1v) is 6.13. The molecule has 2 rings (SSSR count). The van der Waals surface area contributed by atoms with E-state index in [1.165, 1.54) is 12.1 Å². The van der Waals surface area contributed by atoms with Gasteiger partial charge in [0.15, 0.2) is 23.2 Å². The number of thiophene rings is 1. The molecule has 0 bridgehead atoms. The molecule has 1 aromatic carbocycles. The fraction of sp³-hybridized carbons (Fsp3) is 0.154. The van der Waals surface area contributed by atoms with E-state index >= 15 is 0 Å². The van der Waals surface area contributed by atoms with E-state index < -0.39 is 17.5 Å². The molecule has 18 heavy (non-hydrogen) atoms. The Bertz CT molecular complexity index is 604. The monoisotopic (exact) mass is 270 g/mol. The highest BCUT2D eigenvalue weighted by Crippen LogP contribution is 2.32. The molecule has 0 saturated carbocycles. The van der Waals surface area contributed by atoms with Crippen LogP contribution in [0.2, 0.25) is 0 Å². The summed E-state index contributed by atoms with van der Waals surface area (Å²) in [5, 5.41) is 0. The summed E-state index contributed by atoms with van der Waals surface area (Å²) in [6, 6.07) is 5.13. The number of hydrogen-bond acceptors (Lipinski definition) is 2. The van der Waals surface area contributed by atoms with E-state index in [-0.39, 0.29) is 11.3 Å². The lowest BCUT2D eigenvalue weighted by molar-refractivity contribution is 0.0992. The second-order valence-electron chi connectivity index (χ2n) is 3.66. The molecular weight excluding hydrogens is 261 g/mol. The zero-order valence-corrected chi connectivity index (χ0v) is 10.3. The van der Waals surface area contributed by atoms with E-state index in [2.05, 4.69) is 0 Å². The summed E-state index contributed by atoms with van der Waals surface area (Å²) in [6.45, 7) is 1.72. The lowest BCUT2D eigenvalue weighted by atomic mass is 10.1. The Kier molecular flexibility index (Phi) is 3.52. The van der Waals surface area contributed by atoms with Crippen molar-refractivity contribution in [1.82, 2.24) is 0 Å². The van der Waals surface area contributed by atoms with Crippen molar-refractivity contribution in [3.8, 4) is 10.4 Å². The van der Waals surface area contributed by atoms with E-state index in [4.69, 9.17) is 0 Å². The maximum Gasteiger partial charge on any atom is 0.195 e. The van der Waals surface area contributed by atoms with Crippen molar-refractivity contribution >= 4 is 17.1 Å². The molecule has 0 unspecified atom stereocenters. The molecule has 1 aromatic heterocycles. The van der Waals surface area contributed by atoms with Gasteiger partial charge in [-0.1, -0.05) is 6.92 Å². The minimum Gasteiger partial charge on any atom is -0.293 e. The van der Waals surface area contributed by atoms with Gasteiger partial charge in [0.1, 0.15) is 0 Å². The second-order valence-corrected chi connectivity index (χ2v) is 4.75. The van der Waals surface area contributed by atoms with Crippen LogP contribution in [0.5, 0.6) is 0 Å². The Morgan fingerprint density at radius 3 is 2.50 bits per heavy atom. The maximum absolute atomic E-state index is 13.5. The van der Waals surface area contributed by atoms with Crippen molar-refractivity contribution in [2.75, 3.05) is 0 Å². The van der Waals surface area contributed by atoms with Crippen LogP contribution in [0.15, 0.2) is 24.3 Å². The van der Waals surface area contributed by atoms with Gasteiger partial charge >= 0.3 is 0 Å². The summed E-state index contributed by atoms with van der Waals surface area (Å²) in [6.07, 6.45) is 0.347. The molecule has 1 heterocycles. The number of benzene rings is 1. The number of carbonyl (C=O) groups is 1. The Morgan fingerprint density at radius 2 is 1.83 bits per heavy atom. The SMILES string of the molecule is CCC(=O)c1ccc(-c2ccc(F)c(F)c2F)s1. The molecule has 0 amide bonds. The number of Topliss-reactive ketones (excluding diaryl/α,β-unsaturated/α-hetero) is 1. The molecular formula is C13H9F3OS. The average Bonchev–Trinajstić information content (AvgIpc) is 2.84. The molecule has 5 heteroatoms. The molecule has 0 aliphatic rings. The predicted molar refractivity (Wildman–Crippen MR) is 64.3 cm³/mol. The summed E-state index contributed by atoms with van der Waals surface area (Å²) < 4.78 is 39.4. The third-order valence-electron chi connectivity index (χ3n) is 2.50. The van der Waals surface area contributed by atoms with Crippen molar-refractivity contribution in [3.63, 3.8) is 0 Å². The van der Waals surface area contributed by atoms with Gasteiger partial charge in [0.05, 0.1) is 4.88 Å². The third kappa shape index (κ3) is 2.18. The molecule has 0 aliphatic carbocycles. The van der Waals surface area contributed by atoms with E-state index in [1.54, 1.807) is 13.0 Å². The van der Waals surface area contributed by atoms with Gasteiger partial charge in [0.25, 0.3) is 0 Å². The van der Waals surface area contributed by atoms with Crippen LogP contribution in [-0.2, 0) is 0 Å². The number of halogens is 3. The Morgan fingerprint density at radius 1 is 1.11 bits per heavy atom. The first-order valence-electron chi connectivity index (χ1n) is 5.31. The fourth-order valence-corrected chi connectivity index (χ4v) is 2.56. The van der Waals surface area contributed by atoms with Crippen LogP contribution < -0.4 is 0 Å². The van der Waals surface area contributed by atoms with Crippen molar-refractivity contribution < 1.29 is 18.0 Å². The Balaban J connectivity index is 2.47. The standard InChI is InChI=1S/C13H9F3OS/c1-2-9(17)11-6-5-10(18-11)7-3-4-8(14)13(16)12(7)15/h3-6H,2H2,1H3. The highest BCUT2D eigenvalue weighted by Gasteiger charge is 2.17. The molecule has 0 fully saturated rings. The van der Waals surface area contributed by atoms with Crippen molar-refractivity contribution in [2.45, 2.75) is 13.3 Å². The Labute approximate surface area is 106 Å². The van der Waals surface area contributed by atoms with Gasteiger partial charge in [0, 0.05) is 16.9 Å². The number of carbonyl (C=O) groups excluding carboxylic acids is 1. The molecule has 94 valence electrons. The summed E-state index contributed by atoms with van der Waals surface area (Å²) >= 11 is 1.07. The van der Waals surface area contributed by atoms with E-state index in [0.29, 0.717) is 16.2 Å². The lowest BCUT2D eigenvalue weighted by Gasteiger charge is -2.01. The smallest absolute Gasteiger partial charge is 0.195 e. The second kappa shape index (κ2) is 4.94. The van der Waals surface area contributed by atoms with E-state index in [0.717, 1.165) is 17.4 Å². The van der Waals surface area contributed by atoms with Crippen LogP contribution in [0, 0.1) is 17.5 Å². The number of ketones is 1. The topological polar surface area (TPSA) is 17.1 Å². The first kappa shape index (κ1) is 12.8. The maximum atomic E-state index is 13.5. The molecule has 2 aromatic rings. The van der Waals surface area contributed by atoms with Crippen LogP contribution in [0.25, 0.3) is 10.4 Å². The highest BCUT2D eigenvalue weighted by molar-refractivity contribution is 7.17. The van der Waals surface area contributed by atoms with Gasteiger partial charge in [-0.05, 0) is 24.3 Å². The zero-order chi connectivity index (χ0) is 13.3. The van der Waals surface area contributed by atoms with Crippen molar-refractivity contribution in [2.24, 2.45) is 0 Å². The molecule has 0 radical (unpaired) electrons. The molecule has 0 saturated heterocycles. The van der Waals surface area contributed by atoms with Crippen LogP contribution in [0.1, 0.15) is 23.0 Å². The number of hydrogen-bond donors (Lipinski definition) is 0. The minimum atomic E-state index is -1.50. The fourth-order valence-electron chi connectivity index (χ4n) is 1.52. The van der Waals surface area contributed by atoms with Crippen LogP contribution >= 0.6 is 11.3 Å². The Hall–Kier alpha value is -1.62. The van der Waals surface area contributed by atoms with E-state index in [9.17, 15) is 18.0 Å². The molecule has 0 atom stereocenters. The van der Waals surface area contributed by atoms with Gasteiger partial charge in [-0.3, -0.25) is 4.79 Å². The molecule has 1 nitrogen and oxygen atoms in total. The third-order valence-corrected chi connectivity index (χ3v) is 3.66. The van der Waals surface area contributed by atoms with Crippen molar-refractivity contribution in [3.05, 3.63) is 46.6 Å².